The number of hydrogen-bond acceptors (Lipinski definition) is 3. The Morgan fingerprint density at radius 1 is 1.33 bits per heavy atom. The molecule has 0 aliphatic carbocycles. The van der Waals surface area contributed by atoms with Gasteiger partial charge in [-0.05, 0) is 24.3 Å². The van der Waals surface area contributed by atoms with Crippen LogP contribution in [-0.4, -0.2) is 34.7 Å². The Morgan fingerprint density at radius 2 is 2.05 bits per heavy atom. The van der Waals surface area contributed by atoms with Gasteiger partial charge in [-0.1, -0.05) is 43.7 Å². The van der Waals surface area contributed by atoms with Crippen LogP contribution in [0.2, 0.25) is 0 Å². The van der Waals surface area contributed by atoms with E-state index in [-0.39, 0.29) is 6.61 Å². The molecule has 114 valence electrons. The molecule has 0 spiro atoms. The van der Waals surface area contributed by atoms with Gasteiger partial charge >= 0.3 is 12.1 Å². The number of hydrogen-bond donors (Lipinski definition) is 1. The van der Waals surface area contributed by atoms with E-state index in [1.807, 2.05) is 37.3 Å². The van der Waals surface area contributed by atoms with Gasteiger partial charge < -0.3 is 9.84 Å². The molecular formula is C16H21NO4. The van der Waals surface area contributed by atoms with Crippen molar-refractivity contribution in [1.82, 2.24) is 4.90 Å². The Bertz CT molecular complexity index is 488. The van der Waals surface area contributed by atoms with E-state index in [4.69, 9.17) is 4.74 Å². The average Bonchev–Trinajstić information content (AvgIpc) is 2.52. The number of carboxylic acids is 1. The van der Waals surface area contributed by atoms with Crippen LogP contribution in [0.25, 0.3) is 0 Å². The smallest absolute Gasteiger partial charge is 0.410 e. The monoisotopic (exact) mass is 291 g/mol. The largest absolute Gasteiger partial charge is 0.480 e. The Labute approximate surface area is 124 Å². The average molecular weight is 291 g/mol. The summed E-state index contributed by atoms with van der Waals surface area (Å²) in [6, 6.07) is 8.59. The summed E-state index contributed by atoms with van der Waals surface area (Å²) in [4.78, 5) is 24.8. The molecule has 21 heavy (non-hydrogen) atoms. The van der Waals surface area contributed by atoms with Crippen molar-refractivity contribution in [3.8, 4) is 0 Å². The van der Waals surface area contributed by atoms with Crippen molar-refractivity contribution in [3.05, 3.63) is 35.9 Å². The number of ether oxygens (including phenoxy) is 1. The lowest BCUT2D eigenvalue weighted by atomic mass is 9.89. The SMILES string of the molecule is CC[C@@H]1CCN(C(=O)OCc2ccccc2)[C@@H](C(=O)O)C1. The van der Waals surface area contributed by atoms with Crippen molar-refractivity contribution in [1.29, 1.82) is 0 Å². The van der Waals surface area contributed by atoms with E-state index in [0.717, 1.165) is 18.4 Å². The number of benzene rings is 1. The number of piperidine rings is 1. The minimum atomic E-state index is -0.954. The maximum atomic E-state index is 12.1. The zero-order chi connectivity index (χ0) is 15.2. The van der Waals surface area contributed by atoms with Gasteiger partial charge in [-0.3, -0.25) is 4.90 Å². The van der Waals surface area contributed by atoms with Crippen molar-refractivity contribution >= 4 is 12.1 Å². The van der Waals surface area contributed by atoms with Crippen LogP contribution in [-0.2, 0) is 16.1 Å². The molecule has 1 fully saturated rings. The third kappa shape index (κ3) is 3.97. The number of rotatable bonds is 4. The van der Waals surface area contributed by atoms with Crippen LogP contribution in [0.5, 0.6) is 0 Å². The van der Waals surface area contributed by atoms with Crippen LogP contribution in [0.3, 0.4) is 0 Å². The van der Waals surface area contributed by atoms with Crippen molar-refractivity contribution in [2.45, 2.75) is 38.8 Å². The molecule has 1 saturated heterocycles. The fraction of sp³-hybridized carbons (Fsp3) is 0.500. The van der Waals surface area contributed by atoms with Gasteiger partial charge in [-0.2, -0.15) is 0 Å². The summed E-state index contributed by atoms with van der Waals surface area (Å²) < 4.78 is 5.24. The molecule has 1 heterocycles. The molecule has 1 N–H and O–H groups in total. The second kappa shape index (κ2) is 7.11. The molecule has 1 aromatic carbocycles. The molecule has 0 saturated carbocycles. The van der Waals surface area contributed by atoms with E-state index in [0.29, 0.717) is 18.9 Å². The summed E-state index contributed by atoms with van der Waals surface area (Å²) in [7, 11) is 0. The molecular weight excluding hydrogens is 270 g/mol. The van der Waals surface area contributed by atoms with Gasteiger partial charge in [-0.25, -0.2) is 9.59 Å². The molecule has 2 rings (SSSR count). The predicted molar refractivity (Wildman–Crippen MR) is 77.8 cm³/mol. The van der Waals surface area contributed by atoms with Crippen LogP contribution in [0.15, 0.2) is 30.3 Å². The second-order valence-electron chi connectivity index (χ2n) is 5.39. The van der Waals surface area contributed by atoms with Crippen LogP contribution < -0.4 is 0 Å². The summed E-state index contributed by atoms with van der Waals surface area (Å²) in [5.41, 5.74) is 0.890. The lowest BCUT2D eigenvalue weighted by molar-refractivity contribution is -0.144. The van der Waals surface area contributed by atoms with Gasteiger partial charge in [0.25, 0.3) is 0 Å². The predicted octanol–water partition coefficient (Wildman–Crippen LogP) is 2.90. The molecule has 1 aliphatic heterocycles. The molecule has 2 atom stereocenters. The van der Waals surface area contributed by atoms with Gasteiger partial charge in [0.1, 0.15) is 12.6 Å². The Kier molecular flexibility index (Phi) is 5.20. The van der Waals surface area contributed by atoms with Crippen molar-refractivity contribution in [2.75, 3.05) is 6.54 Å². The minimum absolute atomic E-state index is 0.166. The number of carbonyl (C=O) groups is 2. The number of likely N-dealkylation sites (tertiary alicyclic amines) is 1. The highest BCUT2D eigenvalue weighted by Crippen LogP contribution is 2.26. The van der Waals surface area contributed by atoms with Crippen molar-refractivity contribution in [3.63, 3.8) is 0 Å². The summed E-state index contributed by atoms with van der Waals surface area (Å²) >= 11 is 0. The first kappa shape index (κ1) is 15.4. The molecule has 1 amide bonds. The van der Waals surface area contributed by atoms with Crippen molar-refractivity contribution < 1.29 is 19.4 Å². The summed E-state index contributed by atoms with van der Waals surface area (Å²) in [5, 5.41) is 9.31. The Balaban J connectivity index is 1.95. The van der Waals surface area contributed by atoms with Crippen LogP contribution in [0, 0.1) is 5.92 Å². The summed E-state index contributed by atoms with van der Waals surface area (Å²) in [6.45, 7) is 2.66. The lowest BCUT2D eigenvalue weighted by Gasteiger charge is -2.36. The van der Waals surface area contributed by atoms with E-state index in [1.165, 1.54) is 4.90 Å². The maximum absolute atomic E-state index is 12.1. The normalized spacial score (nSPS) is 21.9. The maximum Gasteiger partial charge on any atom is 0.410 e. The third-order valence-electron chi connectivity index (χ3n) is 4.01. The topological polar surface area (TPSA) is 66.8 Å². The van der Waals surface area contributed by atoms with E-state index < -0.39 is 18.1 Å². The molecule has 0 radical (unpaired) electrons. The number of carboxylic acid groups (broad SMARTS) is 1. The molecule has 1 aromatic rings. The van der Waals surface area contributed by atoms with Gasteiger partial charge in [0.2, 0.25) is 0 Å². The van der Waals surface area contributed by atoms with Crippen LogP contribution in [0.4, 0.5) is 4.79 Å². The first-order valence-corrected chi connectivity index (χ1v) is 7.32. The summed E-state index contributed by atoms with van der Waals surface area (Å²) in [5.74, 6) is -0.589. The number of aliphatic carboxylic acids is 1. The quantitative estimate of drug-likeness (QED) is 0.926. The number of nitrogens with zero attached hydrogens (tertiary/aromatic N) is 1. The first-order chi connectivity index (χ1) is 10.1. The second-order valence-corrected chi connectivity index (χ2v) is 5.39. The number of amides is 1. The zero-order valence-corrected chi connectivity index (χ0v) is 12.2. The molecule has 5 heteroatoms. The van der Waals surface area contributed by atoms with E-state index in [1.54, 1.807) is 0 Å². The van der Waals surface area contributed by atoms with E-state index >= 15 is 0 Å². The minimum Gasteiger partial charge on any atom is -0.480 e. The molecule has 0 aromatic heterocycles. The third-order valence-corrected chi connectivity index (χ3v) is 4.01. The van der Waals surface area contributed by atoms with E-state index in [2.05, 4.69) is 0 Å². The van der Waals surface area contributed by atoms with Crippen molar-refractivity contribution in [2.24, 2.45) is 5.92 Å². The molecule has 0 bridgehead atoms. The summed E-state index contributed by atoms with van der Waals surface area (Å²) in [6.07, 6.45) is 1.74. The van der Waals surface area contributed by atoms with Crippen LogP contribution >= 0.6 is 0 Å². The first-order valence-electron chi connectivity index (χ1n) is 7.32. The highest BCUT2D eigenvalue weighted by molar-refractivity contribution is 5.80. The molecule has 5 nitrogen and oxygen atoms in total. The van der Waals surface area contributed by atoms with Gasteiger partial charge in [0.05, 0.1) is 0 Å². The fourth-order valence-electron chi connectivity index (χ4n) is 2.66. The molecule has 0 unspecified atom stereocenters. The lowest BCUT2D eigenvalue weighted by Crippen LogP contribution is -2.50. The Morgan fingerprint density at radius 3 is 2.67 bits per heavy atom. The molecule has 1 aliphatic rings. The van der Waals surface area contributed by atoms with Gasteiger partial charge in [-0.15, -0.1) is 0 Å². The highest BCUT2D eigenvalue weighted by atomic mass is 16.6. The zero-order valence-electron chi connectivity index (χ0n) is 12.2. The fourth-order valence-corrected chi connectivity index (χ4v) is 2.66. The number of carbonyl (C=O) groups excluding carboxylic acids is 1. The van der Waals surface area contributed by atoms with Crippen LogP contribution in [0.1, 0.15) is 31.7 Å². The Hall–Kier alpha value is -2.04. The highest BCUT2D eigenvalue weighted by Gasteiger charge is 2.36. The van der Waals surface area contributed by atoms with E-state index in [9.17, 15) is 14.7 Å². The van der Waals surface area contributed by atoms with Gasteiger partial charge in [0.15, 0.2) is 0 Å². The van der Waals surface area contributed by atoms with Gasteiger partial charge in [0, 0.05) is 6.54 Å². The standard InChI is InChI=1S/C16H21NO4/c1-2-12-8-9-17(14(10-12)15(18)19)16(20)21-11-13-6-4-3-5-7-13/h3-7,12,14H,2,8-11H2,1H3,(H,18,19)/t12-,14-/m1/s1.